The molecule has 2 aromatic carbocycles. The lowest BCUT2D eigenvalue weighted by Crippen LogP contribution is -2.52. The highest BCUT2D eigenvalue weighted by atomic mass is 16.2. The van der Waals surface area contributed by atoms with E-state index in [2.05, 4.69) is 31.4 Å². The molecule has 4 rings (SSSR count). The van der Waals surface area contributed by atoms with Crippen molar-refractivity contribution in [3.05, 3.63) is 69.8 Å². The van der Waals surface area contributed by atoms with Gasteiger partial charge in [-0.15, -0.1) is 0 Å². The van der Waals surface area contributed by atoms with Crippen LogP contribution < -0.4 is 10.6 Å². The second-order valence-corrected chi connectivity index (χ2v) is 10.1. The molecule has 0 radical (unpaired) electrons. The number of nitrogens with zero attached hydrogens (tertiary/aromatic N) is 1. The first-order valence-corrected chi connectivity index (χ1v) is 11.7. The summed E-state index contributed by atoms with van der Waals surface area (Å²) in [4.78, 5) is 63.5. The molecular formula is C27H29N3O5. The lowest BCUT2D eigenvalue weighted by molar-refractivity contribution is -0.136. The first kappa shape index (κ1) is 24.3. The molecule has 2 aromatic rings. The van der Waals surface area contributed by atoms with Crippen molar-refractivity contribution < 1.29 is 24.0 Å². The number of carbonyl (C=O) groups is 5. The number of hydrogen-bond donors (Lipinski definition) is 2. The highest BCUT2D eigenvalue weighted by Gasteiger charge is 2.39. The van der Waals surface area contributed by atoms with Gasteiger partial charge in [-0.2, -0.15) is 0 Å². The molecule has 1 unspecified atom stereocenters. The van der Waals surface area contributed by atoms with Gasteiger partial charge in [-0.05, 0) is 53.1 Å². The number of rotatable bonds is 5. The average molecular weight is 476 g/mol. The summed E-state index contributed by atoms with van der Waals surface area (Å²) in [5.74, 6) is -2.45. The second-order valence-electron chi connectivity index (χ2n) is 10.1. The number of fused-ring (bicyclic) bond motifs is 1. The van der Waals surface area contributed by atoms with Gasteiger partial charge in [-0.1, -0.05) is 45.0 Å². The summed E-state index contributed by atoms with van der Waals surface area (Å²) in [6.07, 6.45) is 0.455. The van der Waals surface area contributed by atoms with E-state index in [4.69, 9.17) is 0 Å². The monoisotopic (exact) mass is 475 g/mol. The molecule has 1 saturated heterocycles. The van der Waals surface area contributed by atoms with Crippen LogP contribution >= 0.6 is 0 Å². The lowest BCUT2D eigenvalue weighted by atomic mass is 9.83. The number of hydrogen-bond acceptors (Lipinski definition) is 5. The summed E-state index contributed by atoms with van der Waals surface area (Å²) in [6.45, 7) is 8.47. The second kappa shape index (κ2) is 9.09. The van der Waals surface area contributed by atoms with Crippen molar-refractivity contribution in [2.45, 2.75) is 65.1 Å². The van der Waals surface area contributed by atoms with Gasteiger partial charge in [0.1, 0.15) is 6.04 Å². The maximum absolute atomic E-state index is 13.0. The molecule has 0 aliphatic carbocycles. The fourth-order valence-corrected chi connectivity index (χ4v) is 4.85. The lowest BCUT2D eigenvalue weighted by Gasteiger charge is -2.29. The number of Topliss-reactive ketones (excluding diaryl/α,β-unsaturated/α-hetero) is 1. The van der Waals surface area contributed by atoms with E-state index < -0.39 is 23.6 Å². The zero-order valence-corrected chi connectivity index (χ0v) is 20.4. The molecule has 0 saturated carbocycles. The molecule has 1 fully saturated rings. The molecule has 0 bridgehead atoms. The Bertz CT molecular complexity index is 1260. The van der Waals surface area contributed by atoms with E-state index in [-0.39, 0.29) is 43.2 Å². The average Bonchev–Trinajstić information content (AvgIpc) is 3.13. The molecule has 2 aliphatic heterocycles. The van der Waals surface area contributed by atoms with Crippen LogP contribution in [-0.2, 0) is 32.9 Å². The zero-order chi connectivity index (χ0) is 25.5. The van der Waals surface area contributed by atoms with Crippen molar-refractivity contribution in [3.63, 3.8) is 0 Å². The van der Waals surface area contributed by atoms with Gasteiger partial charge < -0.3 is 10.2 Å². The van der Waals surface area contributed by atoms with Crippen LogP contribution in [0.4, 0.5) is 0 Å². The van der Waals surface area contributed by atoms with E-state index in [1.54, 1.807) is 30.3 Å². The van der Waals surface area contributed by atoms with Crippen molar-refractivity contribution in [1.82, 2.24) is 15.5 Å². The van der Waals surface area contributed by atoms with Crippen molar-refractivity contribution in [2.24, 2.45) is 0 Å². The molecule has 2 heterocycles. The number of carbonyl (C=O) groups excluding carboxylic acids is 5. The number of benzene rings is 2. The van der Waals surface area contributed by atoms with Gasteiger partial charge in [0.25, 0.3) is 11.8 Å². The van der Waals surface area contributed by atoms with Crippen LogP contribution in [0.2, 0.25) is 0 Å². The van der Waals surface area contributed by atoms with E-state index in [0.29, 0.717) is 22.3 Å². The number of nitrogens with one attached hydrogen (secondary N) is 2. The predicted molar refractivity (Wildman–Crippen MR) is 129 cm³/mol. The first-order chi connectivity index (χ1) is 16.5. The Morgan fingerprint density at radius 1 is 1.11 bits per heavy atom. The van der Waals surface area contributed by atoms with Crippen LogP contribution in [0.25, 0.3) is 0 Å². The molecular weight excluding hydrogens is 446 g/mol. The molecule has 8 heteroatoms. The van der Waals surface area contributed by atoms with Gasteiger partial charge in [0.15, 0.2) is 0 Å². The largest absolute Gasteiger partial charge is 0.345 e. The molecule has 4 amide bonds. The fourth-order valence-electron chi connectivity index (χ4n) is 4.85. The molecule has 0 aromatic heterocycles. The number of aryl methyl sites for hydroxylation is 1. The summed E-state index contributed by atoms with van der Waals surface area (Å²) < 4.78 is 0. The first-order valence-electron chi connectivity index (χ1n) is 11.7. The van der Waals surface area contributed by atoms with Gasteiger partial charge in [0, 0.05) is 30.6 Å². The van der Waals surface area contributed by atoms with E-state index >= 15 is 0 Å². The number of ketones is 1. The molecule has 2 aliphatic rings. The molecule has 8 nitrogen and oxygen atoms in total. The highest BCUT2D eigenvalue weighted by Crippen LogP contribution is 2.30. The Hall–Kier alpha value is -3.81. The minimum absolute atomic E-state index is 0.0687. The standard InChI is InChI=1S/C27H29N3O5/c1-15-12-16(8-9-20(15)27(2,3)4)23(32)25(34)28-13-17-6-5-7-18-19(17)14-30(26(18)35)21-10-11-22(31)29-24(21)33/h5-9,12,21H,10-11,13-14H2,1-4H3,(H,28,34)(H,29,31,33). The molecule has 2 N–H and O–H groups in total. The number of piperidine rings is 1. The molecule has 0 spiro atoms. The fraction of sp³-hybridized carbons (Fsp3) is 0.370. The van der Waals surface area contributed by atoms with Crippen LogP contribution in [0.5, 0.6) is 0 Å². The molecule has 1 atom stereocenters. The minimum atomic E-state index is -0.725. The van der Waals surface area contributed by atoms with Crippen LogP contribution in [0.1, 0.15) is 76.6 Å². The molecule has 182 valence electrons. The van der Waals surface area contributed by atoms with Crippen molar-refractivity contribution >= 4 is 29.4 Å². The highest BCUT2D eigenvalue weighted by molar-refractivity contribution is 6.42. The normalized spacial score (nSPS) is 17.8. The Morgan fingerprint density at radius 3 is 2.51 bits per heavy atom. The van der Waals surface area contributed by atoms with Crippen molar-refractivity contribution in [2.75, 3.05) is 0 Å². The quantitative estimate of drug-likeness (QED) is 0.392. The van der Waals surface area contributed by atoms with Crippen LogP contribution in [-0.4, -0.2) is 40.4 Å². The predicted octanol–water partition coefficient (Wildman–Crippen LogP) is 2.55. The third-order valence-electron chi connectivity index (χ3n) is 6.62. The van der Waals surface area contributed by atoms with Gasteiger partial charge in [-0.3, -0.25) is 29.3 Å². The summed E-state index contributed by atoms with van der Waals surface area (Å²) >= 11 is 0. The third kappa shape index (κ3) is 4.73. The summed E-state index contributed by atoms with van der Waals surface area (Å²) in [6, 6.07) is 9.76. The SMILES string of the molecule is Cc1cc(C(=O)C(=O)NCc2cccc3c2CN(C2CCC(=O)NC2=O)C3=O)ccc1C(C)(C)C. The smallest absolute Gasteiger partial charge is 0.292 e. The number of imide groups is 1. The van der Waals surface area contributed by atoms with Crippen LogP contribution in [0.15, 0.2) is 36.4 Å². The Kier molecular flexibility index (Phi) is 6.32. The topological polar surface area (TPSA) is 113 Å². The number of amides is 4. The van der Waals surface area contributed by atoms with E-state index in [0.717, 1.165) is 11.1 Å². The van der Waals surface area contributed by atoms with Crippen molar-refractivity contribution in [3.8, 4) is 0 Å². The van der Waals surface area contributed by atoms with Gasteiger partial charge in [0.05, 0.1) is 0 Å². The van der Waals surface area contributed by atoms with Gasteiger partial charge in [0.2, 0.25) is 17.6 Å². The van der Waals surface area contributed by atoms with E-state index in [9.17, 15) is 24.0 Å². The van der Waals surface area contributed by atoms with Gasteiger partial charge >= 0.3 is 0 Å². The summed E-state index contributed by atoms with van der Waals surface area (Å²) in [7, 11) is 0. The third-order valence-corrected chi connectivity index (χ3v) is 6.62. The van der Waals surface area contributed by atoms with Crippen LogP contribution in [0.3, 0.4) is 0 Å². The van der Waals surface area contributed by atoms with E-state index in [1.165, 1.54) is 4.90 Å². The minimum Gasteiger partial charge on any atom is -0.345 e. The Morgan fingerprint density at radius 2 is 1.86 bits per heavy atom. The summed E-state index contributed by atoms with van der Waals surface area (Å²) in [5.41, 5.74) is 4.18. The maximum Gasteiger partial charge on any atom is 0.292 e. The van der Waals surface area contributed by atoms with Gasteiger partial charge in [-0.25, -0.2) is 0 Å². The molecule has 35 heavy (non-hydrogen) atoms. The van der Waals surface area contributed by atoms with Crippen LogP contribution in [0, 0.1) is 6.92 Å². The Labute approximate surface area is 204 Å². The van der Waals surface area contributed by atoms with E-state index in [1.807, 2.05) is 13.0 Å². The van der Waals surface area contributed by atoms with Crippen molar-refractivity contribution in [1.29, 1.82) is 0 Å². The zero-order valence-electron chi connectivity index (χ0n) is 20.4. The Balaban J connectivity index is 1.46. The maximum atomic E-state index is 13.0. The summed E-state index contributed by atoms with van der Waals surface area (Å²) in [5, 5.41) is 4.96.